The molecule has 1 saturated heterocycles. The van der Waals surface area contributed by atoms with Gasteiger partial charge >= 0.3 is 5.97 Å². The highest BCUT2D eigenvalue weighted by atomic mass is 16.7. The summed E-state index contributed by atoms with van der Waals surface area (Å²) in [5.41, 5.74) is 0.568. The van der Waals surface area contributed by atoms with Crippen LogP contribution in [0.4, 0.5) is 0 Å². The van der Waals surface area contributed by atoms with E-state index in [2.05, 4.69) is 12.2 Å². The fourth-order valence-corrected chi connectivity index (χ4v) is 4.61. The van der Waals surface area contributed by atoms with Gasteiger partial charge in [-0.1, -0.05) is 55.5 Å². The van der Waals surface area contributed by atoms with E-state index in [1.807, 2.05) is 0 Å². The maximum atomic E-state index is 13.4. The second-order valence-corrected chi connectivity index (χ2v) is 9.51. The predicted octanol–water partition coefficient (Wildman–Crippen LogP) is 3.42. The molecule has 1 heterocycles. The van der Waals surface area contributed by atoms with Crippen molar-refractivity contribution in [3.8, 4) is 0 Å². The standard InChI is InChI=1S/C31H36N2O9/c1-2-14-38-16-18-40-20-21-41-19-17-39-15-13-32-30(36)28-22-7-3-5-9-24(22)29(25-10-6-4-8-23(25)28)31(37)42-33-26(34)11-12-27(33)35/h3-10H,2,11-21H2,1H3,(H,32,36). The van der Waals surface area contributed by atoms with Crippen molar-refractivity contribution in [1.82, 2.24) is 10.4 Å². The molecule has 1 aliphatic rings. The molecule has 0 radical (unpaired) electrons. The molecule has 1 aliphatic heterocycles. The summed E-state index contributed by atoms with van der Waals surface area (Å²) in [6, 6.07) is 13.9. The number of nitrogens with zero attached hydrogens (tertiary/aromatic N) is 1. The van der Waals surface area contributed by atoms with Crippen molar-refractivity contribution in [3.63, 3.8) is 0 Å². The highest BCUT2D eigenvalue weighted by Crippen LogP contribution is 2.34. The van der Waals surface area contributed by atoms with Gasteiger partial charge in [-0.2, -0.15) is 0 Å². The van der Waals surface area contributed by atoms with Gasteiger partial charge in [-0.15, -0.1) is 5.06 Å². The largest absolute Gasteiger partial charge is 0.379 e. The molecule has 224 valence electrons. The van der Waals surface area contributed by atoms with E-state index in [1.165, 1.54) is 0 Å². The van der Waals surface area contributed by atoms with Crippen molar-refractivity contribution < 1.29 is 43.0 Å². The smallest absolute Gasteiger partial charge is 0.365 e. The second-order valence-electron chi connectivity index (χ2n) is 9.51. The van der Waals surface area contributed by atoms with Crippen LogP contribution in [0.15, 0.2) is 48.5 Å². The molecule has 1 fully saturated rings. The molecule has 3 aromatic carbocycles. The van der Waals surface area contributed by atoms with E-state index in [1.54, 1.807) is 48.5 Å². The number of carbonyl (C=O) groups excluding carboxylic acids is 4. The third kappa shape index (κ3) is 7.89. The van der Waals surface area contributed by atoms with Crippen LogP contribution >= 0.6 is 0 Å². The Hall–Kier alpha value is -3.90. The zero-order chi connectivity index (χ0) is 29.7. The number of imide groups is 1. The van der Waals surface area contributed by atoms with Crippen molar-refractivity contribution in [2.24, 2.45) is 0 Å². The molecule has 0 unspecified atom stereocenters. The molecule has 0 saturated carbocycles. The zero-order valence-electron chi connectivity index (χ0n) is 23.7. The number of amides is 3. The molecule has 42 heavy (non-hydrogen) atoms. The molecule has 11 heteroatoms. The first-order valence-electron chi connectivity index (χ1n) is 14.1. The molecule has 0 spiro atoms. The first-order valence-corrected chi connectivity index (χ1v) is 14.1. The van der Waals surface area contributed by atoms with Crippen LogP contribution < -0.4 is 5.32 Å². The van der Waals surface area contributed by atoms with Gasteiger partial charge in [0.1, 0.15) is 0 Å². The van der Waals surface area contributed by atoms with Crippen LogP contribution in [0, 0.1) is 0 Å². The Morgan fingerprint density at radius 1 is 0.667 bits per heavy atom. The topological polar surface area (TPSA) is 130 Å². The molecular weight excluding hydrogens is 544 g/mol. The third-order valence-electron chi connectivity index (χ3n) is 6.54. The van der Waals surface area contributed by atoms with Crippen molar-refractivity contribution >= 4 is 45.2 Å². The fraction of sp³-hybridized carbons (Fsp3) is 0.419. The lowest BCUT2D eigenvalue weighted by atomic mass is 9.91. The molecule has 1 N–H and O–H groups in total. The number of nitrogens with one attached hydrogen (secondary N) is 1. The third-order valence-corrected chi connectivity index (χ3v) is 6.54. The number of fused-ring (bicyclic) bond motifs is 2. The minimum absolute atomic E-state index is 0.00609. The Morgan fingerprint density at radius 2 is 1.10 bits per heavy atom. The van der Waals surface area contributed by atoms with E-state index in [9.17, 15) is 19.2 Å². The maximum absolute atomic E-state index is 13.4. The molecule has 4 rings (SSSR count). The lowest BCUT2D eigenvalue weighted by Gasteiger charge is -2.18. The average molecular weight is 581 g/mol. The lowest BCUT2D eigenvalue weighted by molar-refractivity contribution is -0.172. The van der Waals surface area contributed by atoms with Gasteiger partial charge in [-0.05, 0) is 28.0 Å². The predicted molar refractivity (Wildman–Crippen MR) is 154 cm³/mol. The second kappa shape index (κ2) is 15.9. The molecule has 0 aromatic heterocycles. The van der Waals surface area contributed by atoms with Crippen LogP contribution in [0.5, 0.6) is 0 Å². The summed E-state index contributed by atoms with van der Waals surface area (Å²) in [6.45, 7) is 6.20. The maximum Gasteiger partial charge on any atom is 0.365 e. The number of hydroxylamine groups is 2. The summed E-state index contributed by atoms with van der Waals surface area (Å²) in [7, 11) is 0. The summed E-state index contributed by atoms with van der Waals surface area (Å²) >= 11 is 0. The molecule has 0 aliphatic carbocycles. The van der Waals surface area contributed by atoms with Crippen molar-refractivity contribution in [3.05, 3.63) is 59.7 Å². The van der Waals surface area contributed by atoms with Gasteiger partial charge in [-0.3, -0.25) is 14.4 Å². The Morgan fingerprint density at radius 3 is 1.57 bits per heavy atom. The van der Waals surface area contributed by atoms with Crippen LogP contribution in [-0.2, 0) is 33.4 Å². The van der Waals surface area contributed by atoms with Crippen LogP contribution in [0.25, 0.3) is 21.5 Å². The Kier molecular flexibility index (Phi) is 11.8. The number of rotatable bonds is 17. The fourth-order valence-electron chi connectivity index (χ4n) is 4.61. The van der Waals surface area contributed by atoms with Gasteiger partial charge in [0, 0.05) is 26.0 Å². The van der Waals surface area contributed by atoms with Gasteiger partial charge < -0.3 is 29.1 Å². The molecule has 3 aromatic rings. The SMILES string of the molecule is CCCOCCOCCOCCOCCNC(=O)c1c2ccccc2c(C(=O)ON2C(=O)CCC2=O)c2ccccc12. The Bertz CT molecular complexity index is 1330. The molecule has 0 bridgehead atoms. The molecular formula is C31H36N2O9. The minimum Gasteiger partial charge on any atom is -0.379 e. The van der Waals surface area contributed by atoms with E-state index in [0.717, 1.165) is 13.0 Å². The number of benzene rings is 3. The van der Waals surface area contributed by atoms with Gasteiger partial charge in [-0.25, -0.2) is 4.79 Å². The van der Waals surface area contributed by atoms with E-state index in [-0.39, 0.29) is 30.9 Å². The van der Waals surface area contributed by atoms with Crippen LogP contribution in [0.2, 0.25) is 0 Å². The zero-order valence-corrected chi connectivity index (χ0v) is 23.7. The average Bonchev–Trinajstić information content (AvgIpc) is 3.31. The quantitative estimate of drug-likeness (QED) is 0.145. The number of hydrogen-bond acceptors (Lipinski definition) is 9. The summed E-state index contributed by atoms with van der Waals surface area (Å²) in [5, 5.41) is 5.42. The Balaban J connectivity index is 1.34. The molecule has 3 amide bonds. The van der Waals surface area contributed by atoms with Crippen LogP contribution in [0.3, 0.4) is 0 Å². The van der Waals surface area contributed by atoms with E-state index < -0.39 is 17.8 Å². The summed E-state index contributed by atoms with van der Waals surface area (Å²) in [5.74, 6) is -2.30. The minimum atomic E-state index is -0.846. The van der Waals surface area contributed by atoms with Gasteiger partial charge in [0.2, 0.25) is 0 Å². The Labute approximate surface area is 243 Å². The molecule has 11 nitrogen and oxygen atoms in total. The van der Waals surface area contributed by atoms with Crippen molar-refractivity contribution in [2.45, 2.75) is 26.2 Å². The first-order chi connectivity index (χ1) is 20.5. The normalized spacial score (nSPS) is 13.3. The van der Waals surface area contributed by atoms with Crippen LogP contribution in [0.1, 0.15) is 46.9 Å². The first kappa shape index (κ1) is 31.0. The number of hydrogen-bond donors (Lipinski definition) is 1. The van der Waals surface area contributed by atoms with Gasteiger partial charge in [0.25, 0.3) is 17.7 Å². The number of carbonyl (C=O) groups is 4. The monoisotopic (exact) mass is 580 g/mol. The van der Waals surface area contributed by atoms with Gasteiger partial charge in [0.15, 0.2) is 0 Å². The molecule has 0 atom stereocenters. The summed E-state index contributed by atoms with van der Waals surface area (Å²) in [4.78, 5) is 56.1. The van der Waals surface area contributed by atoms with E-state index in [4.69, 9.17) is 23.8 Å². The highest BCUT2D eigenvalue weighted by molar-refractivity contribution is 6.25. The summed E-state index contributed by atoms with van der Waals surface area (Å²) in [6.07, 6.45) is 0.974. The highest BCUT2D eigenvalue weighted by Gasteiger charge is 2.34. The number of ether oxygens (including phenoxy) is 4. The van der Waals surface area contributed by atoms with Crippen LogP contribution in [-0.4, -0.2) is 88.2 Å². The van der Waals surface area contributed by atoms with E-state index in [0.29, 0.717) is 78.4 Å². The summed E-state index contributed by atoms with van der Waals surface area (Å²) < 4.78 is 21.8. The van der Waals surface area contributed by atoms with E-state index >= 15 is 0 Å². The van der Waals surface area contributed by atoms with Crippen molar-refractivity contribution in [2.75, 3.05) is 59.4 Å². The van der Waals surface area contributed by atoms with Gasteiger partial charge in [0.05, 0.1) is 57.4 Å². The lowest BCUT2D eigenvalue weighted by Crippen LogP contribution is -2.32. The van der Waals surface area contributed by atoms with Crippen molar-refractivity contribution in [1.29, 1.82) is 0 Å².